The van der Waals surface area contributed by atoms with Gasteiger partial charge in [0.25, 0.3) is 0 Å². The van der Waals surface area contributed by atoms with Crippen LogP contribution in [0, 0.1) is 0 Å². The van der Waals surface area contributed by atoms with Crippen molar-refractivity contribution in [1.82, 2.24) is 0 Å². The molecule has 0 radical (unpaired) electrons. The number of likely N-dealkylation sites (N-methyl/N-ethyl adjacent to an activating group) is 1. The van der Waals surface area contributed by atoms with Crippen molar-refractivity contribution < 1.29 is 9.53 Å². The van der Waals surface area contributed by atoms with Crippen molar-refractivity contribution in [3.63, 3.8) is 0 Å². The Morgan fingerprint density at radius 3 is 3.07 bits per heavy atom. The summed E-state index contributed by atoms with van der Waals surface area (Å²) in [7, 11) is 3.72. The average Bonchev–Trinajstić information content (AvgIpc) is 2.57. The van der Waals surface area contributed by atoms with Crippen molar-refractivity contribution in [2.75, 3.05) is 25.6 Å². The Balaban J connectivity index is 2.45. The molecule has 0 aromatic heterocycles. The molecule has 3 heteroatoms. The fraction of sp³-hybridized carbons (Fsp3) is 0.417. The van der Waals surface area contributed by atoms with Crippen molar-refractivity contribution in [2.24, 2.45) is 0 Å². The highest BCUT2D eigenvalue weighted by atomic mass is 16.5. The van der Waals surface area contributed by atoms with E-state index in [1.165, 1.54) is 11.3 Å². The molecule has 1 unspecified atom stereocenters. The number of aldehydes is 1. The van der Waals surface area contributed by atoms with Crippen molar-refractivity contribution in [1.29, 1.82) is 0 Å². The lowest BCUT2D eigenvalue weighted by Gasteiger charge is -2.12. The predicted molar refractivity (Wildman–Crippen MR) is 59.7 cm³/mol. The minimum atomic E-state index is 0.277. The van der Waals surface area contributed by atoms with Crippen LogP contribution in [0.4, 0.5) is 5.69 Å². The maximum atomic E-state index is 10.6. The molecule has 1 aliphatic heterocycles. The number of fused-ring (bicyclic) bond motifs is 1. The highest BCUT2D eigenvalue weighted by Gasteiger charge is 2.28. The van der Waals surface area contributed by atoms with Crippen molar-refractivity contribution in [3.05, 3.63) is 23.8 Å². The van der Waals surface area contributed by atoms with Gasteiger partial charge in [-0.15, -0.1) is 0 Å². The highest BCUT2D eigenvalue weighted by molar-refractivity contribution is 5.67. The number of hydrogen-bond acceptors (Lipinski definition) is 3. The standard InChI is InChI=1S/C12H15NO2/c1-13-8-9(6-7-14)12-10(13)4-3-5-11(12)15-2/h3-5,7,9H,6,8H2,1-2H3. The van der Waals surface area contributed by atoms with Crippen LogP contribution in [0.2, 0.25) is 0 Å². The molecular weight excluding hydrogens is 190 g/mol. The zero-order valence-corrected chi connectivity index (χ0v) is 9.06. The van der Waals surface area contributed by atoms with Gasteiger partial charge in [0, 0.05) is 37.2 Å². The van der Waals surface area contributed by atoms with Gasteiger partial charge in [0.05, 0.1) is 7.11 Å². The Labute approximate surface area is 89.7 Å². The van der Waals surface area contributed by atoms with E-state index in [1.807, 2.05) is 19.2 Å². The summed E-state index contributed by atoms with van der Waals surface area (Å²) in [4.78, 5) is 12.8. The molecule has 0 N–H and O–H groups in total. The molecule has 0 amide bonds. The Hall–Kier alpha value is -1.51. The first kappa shape index (κ1) is 10.0. The molecule has 0 saturated carbocycles. The van der Waals surface area contributed by atoms with E-state index in [9.17, 15) is 4.79 Å². The van der Waals surface area contributed by atoms with Crippen LogP contribution >= 0.6 is 0 Å². The molecule has 0 bridgehead atoms. The normalized spacial score (nSPS) is 18.8. The lowest BCUT2D eigenvalue weighted by atomic mass is 9.98. The van der Waals surface area contributed by atoms with Gasteiger partial charge in [-0.2, -0.15) is 0 Å². The third-order valence-corrected chi connectivity index (χ3v) is 2.96. The number of carbonyl (C=O) groups is 1. The van der Waals surface area contributed by atoms with E-state index in [0.717, 1.165) is 18.6 Å². The monoisotopic (exact) mass is 205 g/mol. The first-order chi connectivity index (χ1) is 7.27. The van der Waals surface area contributed by atoms with E-state index in [4.69, 9.17) is 4.74 Å². The fourth-order valence-electron chi connectivity index (χ4n) is 2.28. The van der Waals surface area contributed by atoms with Crippen LogP contribution in [-0.4, -0.2) is 27.0 Å². The van der Waals surface area contributed by atoms with Gasteiger partial charge in [-0.3, -0.25) is 0 Å². The second kappa shape index (κ2) is 3.93. The van der Waals surface area contributed by atoms with Crippen molar-refractivity contribution >= 4 is 12.0 Å². The summed E-state index contributed by atoms with van der Waals surface area (Å²) in [6.07, 6.45) is 1.55. The van der Waals surface area contributed by atoms with Crippen LogP contribution in [0.25, 0.3) is 0 Å². The van der Waals surface area contributed by atoms with Gasteiger partial charge >= 0.3 is 0 Å². The van der Waals surface area contributed by atoms with Gasteiger partial charge in [0.15, 0.2) is 0 Å². The van der Waals surface area contributed by atoms with E-state index in [1.54, 1.807) is 7.11 Å². The van der Waals surface area contributed by atoms with Crippen LogP contribution < -0.4 is 9.64 Å². The van der Waals surface area contributed by atoms with Crippen LogP contribution in [0.15, 0.2) is 18.2 Å². The molecule has 0 spiro atoms. The third-order valence-electron chi connectivity index (χ3n) is 2.96. The van der Waals surface area contributed by atoms with Gasteiger partial charge in [-0.1, -0.05) is 6.07 Å². The van der Waals surface area contributed by atoms with Crippen molar-refractivity contribution in [3.8, 4) is 5.75 Å². The number of ether oxygens (including phenoxy) is 1. The van der Waals surface area contributed by atoms with E-state index in [-0.39, 0.29) is 5.92 Å². The van der Waals surface area contributed by atoms with Gasteiger partial charge in [-0.25, -0.2) is 0 Å². The minimum absolute atomic E-state index is 0.277. The summed E-state index contributed by atoms with van der Waals surface area (Å²) in [5.41, 5.74) is 2.36. The second-order valence-electron chi connectivity index (χ2n) is 3.87. The van der Waals surface area contributed by atoms with Crippen LogP contribution in [0.1, 0.15) is 17.9 Å². The Morgan fingerprint density at radius 1 is 1.60 bits per heavy atom. The summed E-state index contributed by atoms with van der Waals surface area (Å²) in [5.74, 6) is 1.17. The number of rotatable bonds is 3. The molecule has 3 nitrogen and oxygen atoms in total. The molecule has 1 aromatic carbocycles. The minimum Gasteiger partial charge on any atom is -0.496 e. The van der Waals surface area contributed by atoms with Crippen LogP contribution in [0.5, 0.6) is 5.75 Å². The summed E-state index contributed by atoms with van der Waals surface area (Å²) < 4.78 is 5.34. The van der Waals surface area contributed by atoms with Gasteiger partial charge in [0.2, 0.25) is 0 Å². The molecule has 0 saturated heterocycles. The number of hydrogen-bond donors (Lipinski definition) is 0. The van der Waals surface area contributed by atoms with Crippen LogP contribution in [0.3, 0.4) is 0 Å². The molecule has 0 fully saturated rings. The molecule has 0 aliphatic carbocycles. The molecule has 1 heterocycles. The van der Waals surface area contributed by atoms with E-state index in [0.29, 0.717) is 6.42 Å². The zero-order chi connectivity index (χ0) is 10.8. The summed E-state index contributed by atoms with van der Waals surface area (Å²) >= 11 is 0. The van der Waals surface area contributed by atoms with Crippen molar-refractivity contribution in [2.45, 2.75) is 12.3 Å². The molecular formula is C12H15NO2. The third kappa shape index (κ3) is 1.58. The zero-order valence-electron chi connectivity index (χ0n) is 9.06. The number of carbonyl (C=O) groups excluding carboxylic acids is 1. The summed E-state index contributed by atoms with van der Waals surface area (Å²) in [6, 6.07) is 6.01. The highest BCUT2D eigenvalue weighted by Crippen LogP contribution is 2.42. The topological polar surface area (TPSA) is 29.5 Å². The number of anilines is 1. The van der Waals surface area contributed by atoms with Gasteiger partial charge in [0.1, 0.15) is 12.0 Å². The smallest absolute Gasteiger partial charge is 0.124 e. The number of methoxy groups -OCH3 is 1. The summed E-state index contributed by atoms with van der Waals surface area (Å²) in [5, 5.41) is 0. The fourth-order valence-corrected chi connectivity index (χ4v) is 2.28. The second-order valence-corrected chi connectivity index (χ2v) is 3.87. The molecule has 1 aromatic rings. The molecule has 80 valence electrons. The average molecular weight is 205 g/mol. The lowest BCUT2D eigenvalue weighted by Crippen LogP contribution is -2.15. The van der Waals surface area contributed by atoms with E-state index >= 15 is 0 Å². The quantitative estimate of drug-likeness (QED) is 0.705. The lowest BCUT2D eigenvalue weighted by molar-refractivity contribution is -0.108. The Kier molecular flexibility index (Phi) is 2.62. The Morgan fingerprint density at radius 2 is 2.40 bits per heavy atom. The van der Waals surface area contributed by atoms with Gasteiger partial charge in [-0.05, 0) is 12.1 Å². The summed E-state index contributed by atoms with van der Waals surface area (Å²) in [6.45, 7) is 0.897. The maximum absolute atomic E-state index is 10.6. The first-order valence-electron chi connectivity index (χ1n) is 5.09. The largest absolute Gasteiger partial charge is 0.496 e. The molecule has 15 heavy (non-hydrogen) atoms. The van der Waals surface area contributed by atoms with E-state index in [2.05, 4.69) is 11.0 Å². The predicted octanol–water partition coefficient (Wildman–Crippen LogP) is 1.82. The maximum Gasteiger partial charge on any atom is 0.124 e. The molecule has 2 rings (SSSR count). The molecule has 1 aliphatic rings. The Bertz CT molecular complexity index is 376. The molecule has 1 atom stereocenters. The number of nitrogens with zero attached hydrogens (tertiary/aromatic N) is 1. The first-order valence-corrected chi connectivity index (χ1v) is 5.09. The SMILES string of the molecule is COc1cccc2c1C(CC=O)CN2C. The number of benzene rings is 1. The van der Waals surface area contributed by atoms with Gasteiger partial charge < -0.3 is 14.4 Å². The van der Waals surface area contributed by atoms with Crippen LogP contribution in [-0.2, 0) is 4.79 Å². The van der Waals surface area contributed by atoms with E-state index < -0.39 is 0 Å².